The second-order valence-electron chi connectivity index (χ2n) is 4.20. The Hall–Kier alpha value is -2.35. The molecule has 1 aliphatic heterocycles. The van der Waals surface area contributed by atoms with Gasteiger partial charge in [-0.2, -0.15) is 0 Å². The lowest BCUT2D eigenvalue weighted by atomic mass is 10.0. The predicted octanol–water partition coefficient (Wildman–Crippen LogP) is 3.53. The molecule has 2 heteroatoms. The van der Waals surface area contributed by atoms with E-state index in [0.717, 1.165) is 23.2 Å². The van der Waals surface area contributed by atoms with Gasteiger partial charge in [-0.3, -0.25) is 4.79 Å². The lowest BCUT2D eigenvalue weighted by molar-refractivity contribution is 0.112. The van der Waals surface area contributed by atoms with Gasteiger partial charge in [-0.25, -0.2) is 0 Å². The minimum atomic E-state index is 0.602. The highest BCUT2D eigenvalue weighted by Crippen LogP contribution is 2.31. The highest BCUT2D eigenvalue weighted by atomic mass is 16.5. The van der Waals surface area contributed by atoms with Crippen LogP contribution in [-0.4, -0.2) is 6.29 Å². The van der Waals surface area contributed by atoms with Crippen LogP contribution in [0.3, 0.4) is 0 Å². The minimum absolute atomic E-state index is 0.602. The van der Waals surface area contributed by atoms with Gasteiger partial charge in [0.2, 0.25) is 0 Å². The molecular weight excluding hydrogens is 224 g/mol. The molecule has 0 aliphatic carbocycles. The van der Waals surface area contributed by atoms with Crippen molar-refractivity contribution in [3.8, 4) is 0 Å². The third kappa shape index (κ3) is 1.82. The fourth-order valence-corrected chi connectivity index (χ4v) is 2.13. The summed E-state index contributed by atoms with van der Waals surface area (Å²) in [4.78, 5) is 11.0. The summed E-state index contributed by atoms with van der Waals surface area (Å²) >= 11 is 0. The highest BCUT2D eigenvalue weighted by molar-refractivity contribution is 5.88. The van der Waals surface area contributed by atoms with Crippen LogP contribution in [0.2, 0.25) is 0 Å². The fourth-order valence-electron chi connectivity index (χ4n) is 2.13. The van der Waals surface area contributed by atoms with Crippen LogP contribution in [0.25, 0.3) is 11.8 Å². The Bertz CT molecular complexity index is 626. The minimum Gasteiger partial charge on any atom is -0.488 e. The van der Waals surface area contributed by atoms with E-state index in [9.17, 15) is 4.79 Å². The Morgan fingerprint density at radius 3 is 2.50 bits per heavy atom. The normalized spacial score (nSPS) is 15.2. The van der Waals surface area contributed by atoms with Crippen LogP contribution in [0.1, 0.15) is 27.0 Å². The lowest BCUT2D eigenvalue weighted by Gasteiger charge is -2.02. The molecule has 0 atom stereocenters. The largest absolute Gasteiger partial charge is 0.488 e. The van der Waals surface area contributed by atoms with Gasteiger partial charge >= 0.3 is 0 Å². The van der Waals surface area contributed by atoms with Crippen molar-refractivity contribution in [1.82, 2.24) is 0 Å². The molecule has 0 bridgehead atoms. The number of hydrogen-bond acceptors (Lipinski definition) is 2. The van der Waals surface area contributed by atoms with Gasteiger partial charge in [0, 0.05) is 16.7 Å². The first-order chi connectivity index (χ1) is 8.88. The lowest BCUT2D eigenvalue weighted by Crippen LogP contribution is -1.87. The SMILES string of the molecule is O=Cc1ccccc1/C=C1\OCc2ccccc21. The van der Waals surface area contributed by atoms with Crippen molar-refractivity contribution in [2.24, 2.45) is 0 Å². The van der Waals surface area contributed by atoms with Crippen LogP contribution in [0.4, 0.5) is 0 Å². The van der Waals surface area contributed by atoms with Crippen molar-refractivity contribution in [1.29, 1.82) is 0 Å². The first kappa shape index (κ1) is 10.8. The summed E-state index contributed by atoms with van der Waals surface area (Å²) in [5.41, 5.74) is 3.86. The molecule has 0 saturated carbocycles. The average Bonchev–Trinajstić information content (AvgIpc) is 2.83. The molecular formula is C16H12O2. The number of hydrogen-bond donors (Lipinski definition) is 0. The molecule has 0 N–H and O–H groups in total. The second-order valence-corrected chi connectivity index (χ2v) is 4.20. The van der Waals surface area contributed by atoms with Gasteiger partial charge in [-0.15, -0.1) is 0 Å². The van der Waals surface area contributed by atoms with Crippen molar-refractivity contribution in [2.75, 3.05) is 0 Å². The first-order valence-corrected chi connectivity index (χ1v) is 5.85. The molecule has 2 aromatic rings. The molecule has 3 rings (SSSR count). The third-order valence-electron chi connectivity index (χ3n) is 3.08. The molecule has 0 fully saturated rings. The highest BCUT2D eigenvalue weighted by Gasteiger charge is 2.16. The number of fused-ring (bicyclic) bond motifs is 1. The molecule has 0 unspecified atom stereocenters. The predicted molar refractivity (Wildman–Crippen MR) is 70.9 cm³/mol. The number of ether oxygens (including phenoxy) is 1. The molecule has 1 aliphatic rings. The van der Waals surface area contributed by atoms with Crippen LogP contribution in [0.5, 0.6) is 0 Å². The number of carbonyl (C=O) groups excluding carboxylic acids is 1. The summed E-state index contributed by atoms with van der Waals surface area (Å²) in [5, 5.41) is 0. The summed E-state index contributed by atoms with van der Waals surface area (Å²) in [6, 6.07) is 15.6. The van der Waals surface area contributed by atoms with E-state index in [0.29, 0.717) is 12.2 Å². The molecule has 0 amide bonds. The van der Waals surface area contributed by atoms with E-state index < -0.39 is 0 Å². The molecule has 0 spiro atoms. The topological polar surface area (TPSA) is 26.3 Å². The van der Waals surface area contributed by atoms with Gasteiger partial charge in [-0.05, 0) is 11.6 Å². The Kier molecular flexibility index (Phi) is 2.69. The maximum absolute atomic E-state index is 11.0. The van der Waals surface area contributed by atoms with Crippen LogP contribution in [0.15, 0.2) is 48.5 Å². The van der Waals surface area contributed by atoms with Gasteiger partial charge in [-0.1, -0.05) is 48.5 Å². The number of benzene rings is 2. The Labute approximate surface area is 106 Å². The average molecular weight is 236 g/mol. The van der Waals surface area contributed by atoms with Gasteiger partial charge in [0.15, 0.2) is 6.29 Å². The standard InChI is InChI=1S/C16H12O2/c17-10-13-6-2-1-5-12(13)9-16-15-8-4-3-7-14(15)11-18-16/h1-10H,11H2/b16-9-. The van der Waals surface area contributed by atoms with Gasteiger partial charge in [0.25, 0.3) is 0 Å². The van der Waals surface area contributed by atoms with Crippen molar-refractivity contribution >= 4 is 18.1 Å². The number of rotatable bonds is 2. The summed E-state index contributed by atoms with van der Waals surface area (Å²) in [7, 11) is 0. The van der Waals surface area contributed by atoms with Crippen molar-refractivity contribution < 1.29 is 9.53 Å². The zero-order chi connectivity index (χ0) is 12.4. The maximum atomic E-state index is 11.0. The van der Waals surface area contributed by atoms with E-state index in [1.807, 2.05) is 42.5 Å². The Morgan fingerprint density at radius 2 is 1.67 bits per heavy atom. The summed E-state index contributed by atoms with van der Waals surface area (Å²) < 4.78 is 5.67. The van der Waals surface area contributed by atoms with E-state index in [1.165, 1.54) is 5.56 Å². The molecule has 2 aromatic carbocycles. The van der Waals surface area contributed by atoms with E-state index in [2.05, 4.69) is 6.07 Å². The van der Waals surface area contributed by atoms with Crippen molar-refractivity contribution in [2.45, 2.75) is 6.61 Å². The number of aldehydes is 1. The third-order valence-corrected chi connectivity index (χ3v) is 3.08. The van der Waals surface area contributed by atoms with Crippen molar-refractivity contribution in [3.63, 3.8) is 0 Å². The van der Waals surface area contributed by atoms with Crippen molar-refractivity contribution in [3.05, 3.63) is 70.8 Å². The fraction of sp³-hybridized carbons (Fsp3) is 0.0625. The monoisotopic (exact) mass is 236 g/mol. The van der Waals surface area contributed by atoms with Gasteiger partial charge in [0.05, 0.1) is 0 Å². The quantitative estimate of drug-likeness (QED) is 0.746. The summed E-state index contributed by atoms with van der Waals surface area (Å²) in [6.45, 7) is 0.602. The summed E-state index contributed by atoms with van der Waals surface area (Å²) in [5.74, 6) is 0.833. The maximum Gasteiger partial charge on any atom is 0.150 e. The van der Waals surface area contributed by atoms with Crippen LogP contribution in [0, 0.1) is 0 Å². The smallest absolute Gasteiger partial charge is 0.150 e. The van der Waals surface area contributed by atoms with Gasteiger partial charge in [0.1, 0.15) is 12.4 Å². The van der Waals surface area contributed by atoms with Crippen LogP contribution in [-0.2, 0) is 11.3 Å². The molecule has 0 radical (unpaired) electrons. The van der Waals surface area contributed by atoms with Gasteiger partial charge < -0.3 is 4.74 Å². The summed E-state index contributed by atoms with van der Waals surface area (Å²) in [6.07, 6.45) is 2.79. The zero-order valence-corrected chi connectivity index (χ0v) is 9.80. The second kappa shape index (κ2) is 4.49. The van der Waals surface area contributed by atoms with E-state index in [1.54, 1.807) is 6.07 Å². The zero-order valence-electron chi connectivity index (χ0n) is 9.80. The van der Waals surface area contributed by atoms with E-state index >= 15 is 0 Å². The molecule has 18 heavy (non-hydrogen) atoms. The van der Waals surface area contributed by atoms with E-state index in [4.69, 9.17) is 4.74 Å². The molecule has 1 heterocycles. The van der Waals surface area contributed by atoms with Crippen LogP contribution < -0.4 is 0 Å². The molecule has 88 valence electrons. The molecule has 2 nitrogen and oxygen atoms in total. The number of carbonyl (C=O) groups is 1. The molecule has 0 saturated heterocycles. The Morgan fingerprint density at radius 1 is 0.944 bits per heavy atom. The van der Waals surface area contributed by atoms with Crippen LogP contribution >= 0.6 is 0 Å². The Balaban J connectivity index is 2.06. The van der Waals surface area contributed by atoms with E-state index in [-0.39, 0.29) is 0 Å². The first-order valence-electron chi connectivity index (χ1n) is 5.85. The molecule has 0 aromatic heterocycles.